The Morgan fingerprint density at radius 2 is 2.16 bits per heavy atom. The molecule has 0 saturated carbocycles. The van der Waals surface area contributed by atoms with Gasteiger partial charge in [0.05, 0.1) is 10.8 Å². The zero-order valence-electron chi connectivity index (χ0n) is 13.9. The molecule has 1 aliphatic heterocycles. The van der Waals surface area contributed by atoms with Crippen molar-refractivity contribution in [3.05, 3.63) is 11.8 Å². The quantitative estimate of drug-likeness (QED) is 0.586. The highest BCUT2D eigenvalue weighted by atomic mass is 32.2. The number of carbonyl (C=O) groups is 1. The van der Waals surface area contributed by atoms with E-state index < -0.39 is 22.5 Å². The SMILES string of the molecule is CS(=O)c1ncc(C(F)(F)F)c(NCCCC2CCCCNC2=O)n1. The summed E-state index contributed by atoms with van der Waals surface area (Å²) in [6, 6.07) is 0. The summed E-state index contributed by atoms with van der Waals surface area (Å²) in [6.07, 6.45) is 1.19. The van der Waals surface area contributed by atoms with E-state index in [1.807, 2.05) is 0 Å². The van der Waals surface area contributed by atoms with Gasteiger partial charge in [0.25, 0.3) is 0 Å². The Balaban J connectivity index is 1.98. The molecule has 2 rings (SSSR count). The van der Waals surface area contributed by atoms with Crippen molar-refractivity contribution >= 4 is 22.5 Å². The van der Waals surface area contributed by atoms with E-state index in [1.54, 1.807) is 0 Å². The van der Waals surface area contributed by atoms with Gasteiger partial charge in [-0.05, 0) is 25.7 Å². The minimum Gasteiger partial charge on any atom is -0.369 e. The summed E-state index contributed by atoms with van der Waals surface area (Å²) in [5, 5.41) is 5.33. The van der Waals surface area contributed by atoms with E-state index in [1.165, 1.54) is 6.26 Å². The maximum absolute atomic E-state index is 13.0. The summed E-state index contributed by atoms with van der Waals surface area (Å²) in [5.41, 5.74) is -0.992. The minimum atomic E-state index is -4.60. The molecule has 0 aliphatic carbocycles. The summed E-state index contributed by atoms with van der Waals surface area (Å²) >= 11 is 0. The molecule has 2 heterocycles. The molecule has 0 radical (unpaired) electrons. The average molecular weight is 378 g/mol. The molecule has 2 unspecified atom stereocenters. The first-order valence-electron chi connectivity index (χ1n) is 8.08. The van der Waals surface area contributed by atoms with Crippen molar-refractivity contribution in [3.63, 3.8) is 0 Å². The van der Waals surface area contributed by atoms with Crippen molar-refractivity contribution in [2.75, 3.05) is 24.7 Å². The second-order valence-corrected chi connectivity index (χ2v) is 7.19. The second kappa shape index (κ2) is 8.59. The highest BCUT2D eigenvalue weighted by molar-refractivity contribution is 7.84. The molecule has 0 aromatic carbocycles. The van der Waals surface area contributed by atoms with Crippen LogP contribution in [0, 0.1) is 5.92 Å². The zero-order chi connectivity index (χ0) is 18.4. The number of nitrogens with zero attached hydrogens (tertiary/aromatic N) is 2. The largest absolute Gasteiger partial charge is 0.421 e. The van der Waals surface area contributed by atoms with Crippen LogP contribution in [0.2, 0.25) is 0 Å². The molecule has 140 valence electrons. The number of hydrogen-bond donors (Lipinski definition) is 2. The molecule has 1 aromatic rings. The van der Waals surface area contributed by atoms with Gasteiger partial charge in [0, 0.05) is 31.5 Å². The molecular formula is C15H21F3N4O2S. The fourth-order valence-corrected chi connectivity index (χ4v) is 3.10. The van der Waals surface area contributed by atoms with E-state index in [9.17, 15) is 22.2 Å². The Kier molecular flexibility index (Phi) is 6.74. The molecule has 2 atom stereocenters. The van der Waals surface area contributed by atoms with Crippen molar-refractivity contribution in [2.45, 2.75) is 43.4 Å². The number of anilines is 1. The van der Waals surface area contributed by atoms with Gasteiger partial charge < -0.3 is 10.6 Å². The highest BCUT2D eigenvalue weighted by Gasteiger charge is 2.35. The smallest absolute Gasteiger partial charge is 0.369 e. The van der Waals surface area contributed by atoms with E-state index in [-0.39, 0.29) is 29.3 Å². The molecule has 0 bridgehead atoms. The van der Waals surface area contributed by atoms with Crippen molar-refractivity contribution in [3.8, 4) is 0 Å². The van der Waals surface area contributed by atoms with Gasteiger partial charge in [-0.1, -0.05) is 6.42 Å². The van der Waals surface area contributed by atoms with Crippen LogP contribution in [0.1, 0.15) is 37.7 Å². The van der Waals surface area contributed by atoms with E-state index >= 15 is 0 Å². The fraction of sp³-hybridized carbons (Fsp3) is 0.667. The maximum atomic E-state index is 13.0. The normalized spacial score (nSPS) is 19.8. The number of amides is 1. The third kappa shape index (κ3) is 5.65. The lowest BCUT2D eigenvalue weighted by Crippen LogP contribution is -2.29. The van der Waals surface area contributed by atoms with Crippen molar-refractivity contribution < 1.29 is 22.2 Å². The topological polar surface area (TPSA) is 84.0 Å². The van der Waals surface area contributed by atoms with E-state index in [0.29, 0.717) is 25.6 Å². The number of nitrogens with one attached hydrogen (secondary N) is 2. The number of carbonyl (C=O) groups excluding carboxylic acids is 1. The van der Waals surface area contributed by atoms with Gasteiger partial charge in [0.1, 0.15) is 11.4 Å². The predicted octanol–water partition coefficient (Wildman–Crippen LogP) is 2.34. The van der Waals surface area contributed by atoms with Crippen LogP contribution in [0.5, 0.6) is 0 Å². The van der Waals surface area contributed by atoms with E-state index in [0.717, 1.165) is 19.3 Å². The van der Waals surface area contributed by atoms with Gasteiger partial charge in [0.2, 0.25) is 11.1 Å². The predicted molar refractivity (Wildman–Crippen MR) is 87.4 cm³/mol. The third-order valence-electron chi connectivity index (χ3n) is 4.00. The van der Waals surface area contributed by atoms with Gasteiger partial charge in [-0.2, -0.15) is 13.2 Å². The van der Waals surface area contributed by atoms with E-state index in [4.69, 9.17) is 0 Å². The maximum Gasteiger partial charge on any atom is 0.421 e. The molecule has 1 saturated heterocycles. The van der Waals surface area contributed by atoms with Crippen LogP contribution in [0.25, 0.3) is 0 Å². The monoisotopic (exact) mass is 378 g/mol. The van der Waals surface area contributed by atoms with Gasteiger partial charge in [0.15, 0.2) is 0 Å². The Morgan fingerprint density at radius 3 is 2.84 bits per heavy atom. The van der Waals surface area contributed by atoms with Crippen LogP contribution in [-0.4, -0.2) is 39.4 Å². The molecule has 1 aliphatic rings. The zero-order valence-corrected chi connectivity index (χ0v) is 14.7. The number of hydrogen-bond acceptors (Lipinski definition) is 5. The fourth-order valence-electron chi connectivity index (χ4n) is 2.68. The van der Waals surface area contributed by atoms with Crippen LogP contribution in [0.15, 0.2) is 11.4 Å². The summed E-state index contributed by atoms with van der Waals surface area (Å²) < 4.78 is 50.5. The van der Waals surface area contributed by atoms with Gasteiger partial charge >= 0.3 is 6.18 Å². The molecule has 0 spiro atoms. The number of alkyl halides is 3. The van der Waals surface area contributed by atoms with Crippen LogP contribution in [0.4, 0.5) is 19.0 Å². The number of rotatable bonds is 6. The molecule has 1 fully saturated rings. The van der Waals surface area contributed by atoms with Crippen LogP contribution in [-0.2, 0) is 21.8 Å². The number of halogens is 3. The van der Waals surface area contributed by atoms with E-state index in [2.05, 4.69) is 20.6 Å². The molecule has 25 heavy (non-hydrogen) atoms. The second-order valence-electron chi connectivity index (χ2n) is 5.92. The molecule has 1 amide bonds. The Morgan fingerprint density at radius 1 is 1.40 bits per heavy atom. The highest BCUT2D eigenvalue weighted by Crippen LogP contribution is 2.33. The summed E-state index contributed by atoms with van der Waals surface area (Å²) in [4.78, 5) is 19.1. The van der Waals surface area contributed by atoms with Crippen LogP contribution >= 0.6 is 0 Å². The number of aromatic nitrogens is 2. The lowest BCUT2D eigenvalue weighted by molar-refractivity contribution is -0.137. The molecule has 1 aromatic heterocycles. The standard InChI is InChI=1S/C15H21F3N4O2S/c1-25(24)14-21-9-11(15(16,17)18)12(22-14)19-8-4-6-10-5-2-3-7-20-13(10)23/h9-10H,2-8H2,1H3,(H,20,23)(H,19,21,22). The van der Waals surface area contributed by atoms with Gasteiger partial charge in [-0.15, -0.1) is 0 Å². The lowest BCUT2D eigenvalue weighted by Gasteiger charge is -2.15. The molecule has 10 heteroatoms. The summed E-state index contributed by atoms with van der Waals surface area (Å²) in [6.45, 7) is 0.917. The first kappa shape index (κ1) is 19.6. The summed E-state index contributed by atoms with van der Waals surface area (Å²) in [7, 11) is -1.57. The van der Waals surface area contributed by atoms with Crippen molar-refractivity contribution in [2.24, 2.45) is 5.92 Å². The molecule has 2 N–H and O–H groups in total. The first-order chi connectivity index (χ1) is 11.8. The minimum absolute atomic E-state index is 0.0131. The van der Waals surface area contributed by atoms with Crippen molar-refractivity contribution in [1.29, 1.82) is 0 Å². The Bertz CT molecular complexity index is 640. The summed E-state index contributed by atoms with van der Waals surface area (Å²) in [5.74, 6) is -0.465. The first-order valence-corrected chi connectivity index (χ1v) is 9.64. The van der Waals surface area contributed by atoms with Crippen LogP contribution in [0.3, 0.4) is 0 Å². The van der Waals surface area contributed by atoms with Gasteiger partial charge in [-0.25, -0.2) is 9.97 Å². The average Bonchev–Trinajstić information content (AvgIpc) is 2.75. The van der Waals surface area contributed by atoms with Crippen LogP contribution < -0.4 is 10.6 Å². The Labute approximate surface area is 146 Å². The molecule has 6 nitrogen and oxygen atoms in total. The third-order valence-corrected chi connectivity index (χ3v) is 4.71. The van der Waals surface area contributed by atoms with Crippen molar-refractivity contribution in [1.82, 2.24) is 15.3 Å². The van der Waals surface area contributed by atoms with Gasteiger partial charge in [-0.3, -0.25) is 9.00 Å². The lowest BCUT2D eigenvalue weighted by atomic mass is 9.97. The Hall–Kier alpha value is -1.71. The molecular weight excluding hydrogens is 357 g/mol.